The number of rotatable bonds is 3. The van der Waals surface area contributed by atoms with Gasteiger partial charge >= 0.3 is 0 Å². The maximum Gasteiger partial charge on any atom is 0.133 e. The van der Waals surface area contributed by atoms with E-state index >= 15 is 0 Å². The molecule has 12 heavy (non-hydrogen) atoms. The van der Waals surface area contributed by atoms with E-state index in [2.05, 4.69) is 38.5 Å². The molecule has 0 radical (unpaired) electrons. The van der Waals surface area contributed by atoms with E-state index < -0.39 is 0 Å². The summed E-state index contributed by atoms with van der Waals surface area (Å²) in [5.74, 6) is 0.844. The lowest BCUT2D eigenvalue weighted by atomic mass is 10.3. The molecule has 0 unspecified atom stereocenters. The summed E-state index contributed by atoms with van der Waals surface area (Å²) in [5.41, 5.74) is 0. The Hall–Kier alpha value is 0.520. The number of hydrogen-bond acceptors (Lipinski definition) is 1. The Balaban J connectivity index is 2.72. The lowest BCUT2D eigenvalue weighted by molar-refractivity contribution is 0.344. The maximum atomic E-state index is 5.76. The van der Waals surface area contributed by atoms with Crippen molar-refractivity contribution in [1.82, 2.24) is 0 Å². The fourth-order valence-corrected chi connectivity index (χ4v) is 1.76. The molecule has 0 aliphatic heterocycles. The maximum absolute atomic E-state index is 5.76. The zero-order chi connectivity index (χ0) is 8.97. The van der Waals surface area contributed by atoms with E-state index in [9.17, 15) is 0 Å². The molecular weight excluding hydrogens is 354 g/mol. The molecule has 4 heteroatoms. The van der Waals surface area contributed by atoms with Crippen molar-refractivity contribution in [2.24, 2.45) is 0 Å². The van der Waals surface area contributed by atoms with Gasteiger partial charge in [0, 0.05) is 9.45 Å². The van der Waals surface area contributed by atoms with Gasteiger partial charge in [-0.3, -0.25) is 0 Å². The highest BCUT2D eigenvalue weighted by Crippen LogP contribution is 2.27. The first-order chi connectivity index (χ1) is 5.74. The average Bonchev–Trinajstić information content (AvgIpc) is 2.03. The summed E-state index contributed by atoms with van der Waals surface area (Å²) in [6.07, 6.45) is 0. The monoisotopic (exact) mass is 360 g/mol. The molecule has 66 valence electrons. The number of benzene rings is 1. The molecule has 0 N–H and O–H groups in total. The SMILES string of the molecule is Clc1ccc(OCCI)c(Br)c1. The summed E-state index contributed by atoms with van der Waals surface area (Å²) in [6, 6.07) is 5.50. The lowest BCUT2D eigenvalue weighted by Gasteiger charge is -2.05. The molecule has 0 heterocycles. The zero-order valence-corrected chi connectivity index (χ0v) is 10.7. The zero-order valence-electron chi connectivity index (χ0n) is 6.19. The topological polar surface area (TPSA) is 9.23 Å². The van der Waals surface area contributed by atoms with Gasteiger partial charge in [0.15, 0.2) is 0 Å². The van der Waals surface area contributed by atoms with E-state index in [1.807, 2.05) is 18.2 Å². The van der Waals surface area contributed by atoms with Crippen LogP contribution in [0.5, 0.6) is 5.75 Å². The predicted octanol–water partition coefficient (Wildman–Crippen LogP) is 3.92. The second-order valence-electron chi connectivity index (χ2n) is 2.11. The fourth-order valence-electron chi connectivity index (χ4n) is 0.741. The molecule has 0 aliphatic rings. The average molecular weight is 361 g/mol. The van der Waals surface area contributed by atoms with Gasteiger partial charge < -0.3 is 4.74 Å². The molecule has 1 nitrogen and oxygen atoms in total. The van der Waals surface area contributed by atoms with Crippen LogP contribution in [0.1, 0.15) is 0 Å². The van der Waals surface area contributed by atoms with Gasteiger partial charge in [-0.1, -0.05) is 34.2 Å². The van der Waals surface area contributed by atoms with Gasteiger partial charge in [0.25, 0.3) is 0 Å². The molecule has 0 saturated carbocycles. The van der Waals surface area contributed by atoms with Gasteiger partial charge in [-0.05, 0) is 34.1 Å². The van der Waals surface area contributed by atoms with Gasteiger partial charge in [0.05, 0.1) is 11.1 Å². The first-order valence-electron chi connectivity index (χ1n) is 3.38. The van der Waals surface area contributed by atoms with Crippen molar-refractivity contribution in [3.8, 4) is 5.75 Å². The smallest absolute Gasteiger partial charge is 0.133 e. The lowest BCUT2D eigenvalue weighted by Crippen LogP contribution is -1.97. The summed E-state index contributed by atoms with van der Waals surface area (Å²) < 4.78 is 7.31. The number of hydrogen-bond donors (Lipinski definition) is 0. The first-order valence-corrected chi connectivity index (χ1v) is 6.07. The summed E-state index contributed by atoms with van der Waals surface area (Å²) in [4.78, 5) is 0. The van der Waals surface area contributed by atoms with Crippen molar-refractivity contribution < 1.29 is 4.74 Å². The van der Waals surface area contributed by atoms with E-state index in [1.165, 1.54) is 0 Å². The largest absolute Gasteiger partial charge is 0.492 e. The molecule has 0 atom stereocenters. The molecule has 0 aliphatic carbocycles. The number of ether oxygens (including phenoxy) is 1. The molecule has 1 aromatic rings. The Morgan fingerprint density at radius 2 is 2.25 bits per heavy atom. The highest BCUT2D eigenvalue weighted by atomic mass is 127. The third-order valence-electron chi connectivity index (χ3n) is 1.23. The Morgan fingerprint density at radius 1 is 1.50 bits per heavy atom. The molecule has 1 rings (SSSR count). The van der Waals surface area contributed by atoms with Crippen molar-refractivity contribution >= 4 is 50.1 Å². The van der Waals surface area contributed by atoms with Crippen molar-refractivity contribution in [3.05, 3.63) is 27.7 Å². The predicted molar refractivity (Wildman–Crippen MR) is 63.5 cm³/mol. The Morgan fingerprint density at radius 3 is 2.83 bits per heavy atom. The van der Waals surface area contributed by atoms with Crippen LogP contribution in [0.15, 0.2) is 22.7 Å². The number of halogens is 3. The summed E-state index contributed by atoms with van der Waals surface area (Å²) in [5, 5.41) is 0.712. The first kappa shape index (κ1) is 10.6. The van der Waals surface area contributed by atoms with E-state index in [-0.39, 0.29) is 0 Å². The van der Waals surface area contributed by atoms with Crippen LogP contribution in [0.2, 0.25) is 5.02 Å². The molecule has 0 fully saturated rings. The van der Waals surface area contributed by atoms with Crippen LogP contribution in [-0.4, -0.2) is 11.0 Å². The minimum atomic E-state index is 0.712. The molecule has 0 spiro atoms. The van der Waals surface area contributed by atoms with Crippen molar-refractivity contribution in [2.45, 2.75) is 0 Å². The molecule has 0 aromatic heterocycles. The second-order valence-corrected chi connectivity index (χ2v) is 4.48. The van der Waals surface area contributed by atoms with Crippen molar-refractivity contribution in [2.75, 3.05) is 11.0 Å². The van der Waals surface area contributed by atoms with Crippen LogP contribution in [0.25, 0.3) is 0 Å². The fraction of sp³-hybridized carbons (Fsp3) is 0.250. The normalized spacial score (nSPS) is 9.92. The van der Waals surface area contributed by atoms with E-state index in [0.29, 0.717) is 5.02 Å². The van der Waals surface area contributed by atoms with Crippen LogP contribution in [0.4, 0.5) is 0 Å². The summed E-state index contributed by atoms with van der Waals surface area (Å²) in [7, 11) is 0. The highest BCUT2D eigenvalue weighted by molar-refractivity contribution is 14.1. The molecule has 1 aromatic carbocycles. The van der Waals surface area contributed by atoms with Crippen LogP contribution < -0.4 is 4.74 Å². The van der Waals surface area contributed by atoms with E-state index in [1.54, 1.807) is 0 Å². The summed E-state index contributed by atoms with van der Waals surface area (Å²) >= 11 is 11.4. The Labute approximate surface area is 98.7 Å². The third-order valence-corrected chi connectivity index (χ3v) is 2.52. The van der Waals surface area contributed by atoms with Crippen LogP contribution in [0, 0.1) is 0 Å². The van der Waals surface area contributed by atoms with Gasteiger partial charge in [-0.15, -0.1) is 0 Å². The van der Waals surface area contributed by atoms with Crippen LogP contribution in [0.3, 0.4) is 0 Å². The van der Waals surface area contributed by atoms with Gasteiger partial charge in [-0.25, -0.2) is 0 Å². The second kappa shape index (κ2) is 5.29. The minimum Gasteiger partial charge on any atom is -0.492 e. The molecule has 0 amide bonds. The standard InChI is InChI=1S/C8H7BrClIO/c9-7-5-6(10)1-2-8(7)12-4-3-11/h1-2,5H,3-4H2. The third kappa shape index (κ3) is 3.11. The highest BCUT2D eigenvalue weighted by Gasteiger charge is 2.00. The van der Waals surface area contributed by atoms with Crippen LogP contribution >= 0.6 is 50.1 Å². The van der Waals surface area contributed by atoms with Crippen molar-refractivity contribution in [1.29, 1.82) is 0 Å². The van der Waals surface area contributed by atoms with Gasteiger partial charge in [-0.2, -0.15) is 0 Å². The quantitative estimate of drug-likeness (QED) is 0.586. The Kier molecular flexibility index (Phi) is 4.68. The molecular formula is C8H7BrClIO. The van der Waals surface area contributed by atoms with E-state index in [4.69, 9.17) is 16.3 Å². The molecule has 0 saturated heterocycles. The summed E-state index contributed by atoms with van der Waals surface area (Å²) in [6.45, 7) is 0.723. The minimum absolute atomic E-state index is 0.712. The van der Waals surface area contributed by atoms with Crippen molar-refractivity contribution in [3.63, 3.8) is 0 Å². The molecule has 0 bridgehead atoms. The van der Waals surface area contributed by atoms with Crippen LogP contribution in [-0.2, 0) is 0 Å². The Bertz CT molecular complexity index is 267. The van der Waals surface area contributed by atoms with Gasteiger partial charge in [0.1, 0.15) is 5.75 Å². The van der Waals surface area contributed by atoms with Gasteiger partial charge in [0.2, 0.25) is 0 Å². The number of alkyl halides is 1. The van der Waals surface area contributed by atoms with E-state index in [0.717, 1.165) is 21.3 Å².